The fourth-order valence-corrected chi connectivity index (χ4v) is 2.64. The zero-order valence-corrected chi connectivity index (χ0v) is 15.7. The SMILES string of the molecule is CCOc1ccccc1C(=O)OCC(=O)Nc1c(C)cccc1C(C)C. The molecule has 0 saturated carbocycles. The van der Waals surface area contributed by atoms with Gasteiger partial charge in [-0.25, -0.2) is 4.79 Å². The van der Waals surface area contributed by atoms with Gasteiger partial charge in [-0.15, -0.1) is 0 Å². The smallest absolute Gasteiger partial charge is 0.342 e. The van der Waals surface area contributed by atoms with Crippen molar-refractivity contribution in [2.45, 2.75) is 33.6 Å². The summed E-state index contributed by atoms with van der Waals surface area (Å²) in [4.78, 5) is 24.5. The molecule has 5 nitrogen and oxygen atoms in total. The van der Waals surface area contributed by atoms with Crippen LogP contribution in [0.25, 0.3) is 0 Å². The van der Waals surface area contributed by atoms with Crippen molar-refractivity contribution in [2.75, 3.05) is 18.5 Å². The van der Waals surface area contributed by atoms with Gasteiger partial charge in [-0.05, 0) is 43.0 Å². The fraction of sp³-hybridized carbons (Fsp3) is 0.333. The lowest BCUT2D eigenvalue weighted by atomic mass is 9.98. The van der Waals surface area contributed by atoms with E-state index < -0.39 is 5.97 Å². The number of aryl methyl sites for hydroxylation is 1. The van der Waals surface area contributed by atoms with Crippen LogP contribution in [-0.4, -0.2) is 25.1 Å². The highest BCUT2D eigenvalue weighted by atomic mass is 16.5. The van der Waals surface area contributed by atoms with Gasteiger partial charge in [0.2, 0.25) is 0 Å². The molecular weight excluding hydrogens is 330 g/mol. The molecular formula is C21H25NO4. The first-order chi connectivity index (χ1) is 12.4. The zero-order chi connectivity index (χ0) is 19.1. The van der Waals surface area contributed by atoms with Crippen molar-refractivity contribution in [2.24, 2.45) is 0 Å². The van der Waals surface area contributed by atoms with E-state index in [-0.39, 0.29) is 18.4 Å². The first kappa shape index (κ1) is 19.5. The van der Waals surface area contributed by atoms with Crippen molar-refractivity contribution >= 4 is 17.6 Å². The van der Waals surface area contributed by atoms with E-state index in [1.54, 1.807) is 24.3 Å². The van der Waals surface area contributed by atoms with Crippen molar-refractivity contribution in [3.8, 4) is 5.75 Å². The van der Waals surface area contributed by atoms with Crippen LogP contribution in [0, 0.1) is 6.92 Å². The van der Waals surface area contributed by atoms with Gasteiger partial charge < -0.3 is 14.8 Å². The molecule has 2 aromatic rings. The molecule has 0 unspecified atom stereocenters. The number of anilines is 1. The lowest BCUT2D eigenvalue weighted by Gasteiger charge is -2.16. The van der Waals surface area contributed by atoms with E-state index in [9.17, 15) is 9.59 Å². The minimum atomic E-state index is -0.585. The van der Waals surface area contributed by atoms with Crippen molar-refractivity contribution in [1.82, 2.24) is 0 Å². The number of hydrogen-bond donors (Lipinski definition) is 1. The van der Waals surface area contributed by atoms with E-state index in [4.69, 9.17) is 9.47 Å². The molecule has 1 N–H and O–H groups in total. The number of carbonyl (C=O) groups is 2. The molecule has 26 heavy (non-hydrogen) atoms. The van der Waals surface area contributed by atoms with E-state index in [0.29, 0.717) is 17.9 Å². The molecule has 0 heterocycles. The maximum atomic E-state index is 12.3. The van der Waals surface area contributed by atoms with Gasteiger partial charge in [0.25, 0.3) is 5.91 Å². The largest absolute Gasteiger partial charge is 0.493 e. The second-order valence-corrected chi connectivity index (χ2v) is 6.25. The Morgan fingerprint density at radius 1 is 1.08 bits per heavy atom. The number of amides is 1. The maximum Gasteiger partial charge on any atom is 0.342 e. The van der Waals surface area contributed by atoms with Crippen LogP contribution in [0.2, 0.25) is 0 Å². The average Bonchev–Trinajstić information content (AvgIpc) is 2.62. The molecule has 1 amide bonds. The Morgan fingerprint density at radius 3 is 2.50 bits per heavy atom. The maximum absolute atomic E-state index is 12.3. The molecule has 0 fully saturated rings. The van der Waals surface area contributed by atoms with Gasteiger partial charge in [0, 0.05) is 5.69 Å². The van der Waals surface area contributed by atoms with E-state index in [2.05, 4.69) is 19.2 Å². The van der Waals surface area contributed by atoms with Crippen LogP contribution in [0.5, 0.6) is 5.75 Å². The molecule has 0 bridgehead atoms. The Balaban J connectivity index is 2.03. The molecule has 0 aliphatic heterocycles. The second-order valence-electron chi connectivity index (χ2n) is 6.25. The van der Waals surface area contributed by atoms with E-state index >= 15 is 0 Å². The third kappa shape index (κ3) is 4.85. The summed E-state index contributed by atoms with van der Waals surface area (Å²) < 4.78 is 10.6. The van der Waals surface area contributed by atoms with Crippen LogP contribution in [0.4, 0.5) is 5.69 Å². The molecule has 0 saturated heterocycles. The van der Waals surface area contributed by atoms with E-state index in [0.717, 1.165) is 16.8 Å². The molecule has 0 radical (unpaired) electrons. The average molecular weight is 355 g/mol. The molecule has 0 atom stereocenters. The Hall–Kier alpha value is -2.82. The Labute approximate surface area is 154 Å². The summed E-state index contributed by atoms with van der Waals surface area (Å²) in [6, 6.07) is 12.7. The summed E-state index contributed by atoms with van der Waals surface area (Å²) in [5, 5.41) is 2.86. The van der Waals surface area contributed by atoms with Gasteiger partial charge >= 0.3 is 5.97 Å². The number of para-hydroxylation sites is 2. The number of hydrogen-bond acceptors (Lipinski definition) is 4. The Kier molecular flexibility index (Phi) is 6.78. The summed E-state index contributed by atoms with van der Waals surface area (Å²) in [5.74, 6) is -0.242. The Morgan fingerprint density at radius 2 is 1.81 bits per heavy atom. The van der Waals surface area contributed by atoms with Gasteiger partial charge in [-0.2, -0.15) is 0 Å². The fourth-order valence-electron chi connectivity index (χ4n) is 2.64. The first-order valence-corrected chi connectivity index (χ1v) is 8.72. The summed E-state index contributed by atoms with van der Waals surface area (Å²) >= 11 is 0. The Bertz CT molecular complexity index is 783. The van der Waals surface area contributed by atoms with Gasteiger partial charge in [0.1, 0.15) is 11.3 Å². The number of benzene rings is 2. The summed E-state index contributed by atoms with van der Waals surface area (Å²) in [7, 11) is 0. The summed E-state index contributed by atoms with van der Waals surface area (Å²) in [5.41, 5.74) is 3.10. The topological polar surface area (TPSA) is 64.6 Å². The van der Waals surface area contributed by atoms with Gasteiger partial charge in [0.05, 0.1) is 6.61 Å². The normalized spacial score (nSPS) is 10.5. The van der Waals surface area contributed by atoms with Crippen LogP contribution < -0.4 is 10.1 Å². The highest BCUT2D eigenvalue weighted by Gasteiger charge is 2.16. The van der Waals surface area contributed by atoms with Crippen molar-refractivity contribution < 1.29 is 19.1 Å². The summed E-state index contributed by atoms with van der Waals surface area (Å²) in [6.07, 6.45) is 0. The van der Waals surface area contributed by atoms with Crippen molar-refractivity contribution in [3.63, 3.8) is 0 Å². The first-order valence-electron chi connectivity index (χ1n) is 8.72. The standard InChI is InChI=1S/C21H25NO4/c1-5-25-18-12-7-6-10-17(18)21(24)26-13-19(23)22-20-15(4)9-8-11-16(20)14(2)3/h6-12,14H,5,13H2,1-4H3,(H,22,23). The molecule has 138 valence electrons. The second kappa shape index (κ2) is 9.04. The minimum Gasteiger partial charge on any atom is -0.493 e. The lowest BCUT2D eigenvalue weighted by molar-refractivity contribution is -0.119. The predicted molar refractivity (Wildman–Crippen MR) is 102 cm³/mol. The van der Waals surface area contributed by atoms with Crippen LogP contribution in [0.15, 0.2) is 42.5 Å². The molecule has 0 aliphatic rings. The third-order valence-electron chi connectivity index (χ3n) is 3.93. The van der Waals surface area contributed by atoms with Crippen molar-refractivity contribution in [1.29, 1.82) is 0 Å². The van der Waals surface area contributed by atoms with Gasteiger partial charge in [-0.3, -0.25) is 4.79 Å². The van der Waals surface area contributed by atoms with Crippen LogP contribution in [0.1, 0.15) is 48.2 Å². The van der Waals surface area contributed by atoms with Crippen molar-refractivity contribution in [3.05, 3.63) is 59.2 Å². The monoisotopic (exact) mass is 355 g/mol. The highest BCUT2D eigenvalue weighted by molar-refractivity contribution is 5.97. The number of carbonyl (C=O) groups excluding carboxylic acids is 2. The highest BCUT2D eigenvalue weighted by Crippen LogP contribution is 2.27. The van der Waals surface area contributed by atoms with Crippen LogP contribution in [-0.2, 0) is 9.53 Å². The number of rotatable bonds is 7. The van der Waals surface area contributed by atoms with Crippen LogP contribution >= 0.6 is 0 Å². The summed E-state index contributed by atoms with van der Waals surface area (Å²) in [6.45, 7) is 7.99. The molecule has 5 heteroatoms. The number of ether oxygens (including phenoxy) is 2. The van der Waals surface area contributed by atoms with E-state index in [1.165, 1.54) is 0 Å². The third-order valence-corrected chi connectivity index (χ3v) is 3.93. The lowest BCUT2D eigenvalue weighted by Crippen LogP contribution is -2.22. The predicted octanol–water partition coefficient (Wildman–Crippen LogP) is 4.31. The molecule has 2 aromatic carbocycles. The molecule has 2 rings (SSSR count). The van der Waals surface area contributed by atoms with Gasteiger partial charge in [0.15, 0.2) is 6.61 Å². The van der Waals surface area contributed by atoms with Gasteiger partial charge in [-0.1, -0.05) is 44.2 Å². The quantitative estimate of drug-likeness (QED) is 0.752. The molecule has 0 aliphatic carbocycles. The number of nitrogens with one attached hydrogen (secondary N) is 1. The molecule has 0 spiro atoms. The number of esters is 1. The minimum absolute atomic E-state index is 0.269. The molecule has 0 aromatic heterocycles. The zero-order valence-electron chi connectivity index (χ0n) is 15.7. The van der Waals surface area contributed by atoms with Crippen LogP contribution in [0.3, 0.4) is 0 Å². The van der Waals surface area contributed by atoms with E-state index in [1.807, 2.05) is 32.0 Å².